The highest BCUT2D eigenvalue weighted by atomic mass is 16.2. The molecule has 3 heteroatoms. The fraction of sp³-hybridized carbons (Fsp3) is 0.300. The molecule has 0 aliphatic rings. The third-order valence-electron chi connectivity index (χ3n) is 3.48. The van der Waals surface area contributed by atoms with Crippen molar-refractivity contribution in [3.05, 3.63) is 71.8 Å². The number of rotatable bonds is 6. The molecule has 0 radical (unpaired) electrons. The Morgan fingerprint density at radius 3 is 2.00 bits per heavy atom. The Labute approximate surface area is 138 Å². The molecule has 0 heterocycles. The number of hydrogen-bond donors (Lipinski definition) is 0. The van der Waals surface area contributed by atoms with Gasteiger partial charge in [-0.3, -0.25) is 9.79 Å². The summed E-state index contributed by atoms with van der Waals surface area (Å²) in [5.41, 5.74) is 2.84. The lowest BCUT2D eigenvalue weighted by Gasteiger charge is -2.19. The normalized spacial score (nSPS) is 11.6. The highest BCUT2D eigenvalue weighted by molar-refractivity contribution is 6.39. The predicted molar refractivity (Wildman–Crippen MR) is 95.6 cm³/mol. The number of carbonyl (C=O) groups excluding carboxylic acids is 1. The molecule has 0 aliphatic heterocycles. The smallest absolute Gasteiger partial charge is 0.268 e. The molecule has 0 spiro atoms. The Bertz CT molecular complexity index is 648. The van der Waals surface area contributed by atoms with Gasteiger partial charge in [-0.25, -0.2) is 0 Å². The maximum Gasteiger partial charge on any atom is 0.268 e. The lowest BCUT2D eigenvalue weighted by Crippen LogP contribution is -2.34. The molecular weight excluding hydrogens is 284 g/mol. The van der Waals surface area contributed by atoms with Crippen LogP contribution in [0.5, 0.6) is 0 Å². The lowest BCUT2D eigenvalue weighted by molar-refractivity contribution is -0.123. The van der Waals surface area contributed by atoms with Crippen LogP contribution in [0.4, 0.5) is 0 Å². The molecule has 0 aliphatic carbocycles. The molecule has 0 atom stereocenters. The summed E-state index contributed by atoms with van der Waals surface area (Å²) in [6, 6.07) is 20.1. The van der Waals surface area contributed by atoms with E-state index in [9.17, 15) is 4.79 Å². The van der Waals surface area contributed by atoms with Crippen LogP contribution in [0.15, 0.2) is 65.7 Å². The van der Waals surface area contributed by atoms with Crippen molar-refractivity contribution >= 4 is 11.6 Å². The number of aliphatic imine (C=N–C) groups is 1. The Hall–Kier alpha value is -2.42. The maximum atomic E-state index is 12.8. The first-order chi connectivity index (χ1) is 11.1. The summed E-state index contributed by atoms with van der Waals surface area (Å²) in [6.07, 6.45) is 0.566. The van der Waals surface area contributed by atoms with Gasteiger partial charge in [0.15, 0.2) is 0 Å². The third kappa shape index (κ3) is 5.37. The summed E-state index contributed by atoms with van der Waals surface area (Å²) < 4.78 is 0. The van der Waals surface area contributed by atoms with Crippen LogP contribution in [0, 0.1) is 0 Å². The van der Waals surface area contributed by atoms with Crippen LogP contribution in [-0.4, -0.2) is 29.6 Å². The monoisotopic (exact) mass is 308 g/mol. The molecule has 2 rings (SSSR count). The third-order valence-corrected chi connectivity index (χ3v) is 3.48. The first-order valence-electron chi connectivity index (χ1n) is 7.96. The first kappa shape index (κ1) is 16.9. The van der Waals surface area contributed by atoms with E-state index in [-0.39, 0.29) is 11.9 Å². The van der Waals surface area contributed by atoms with E-state index in [1.54, 1.807) is 4.90 Å². The van der Waals surface area contributed by atoms with Crippen LogP contribution in [0.3, 0.4) is 0 Å². The first-order valence-corrected chi connectivity index (χ1v) is 7.96. The molecule has 0 N–H and O–H groups in total. The zero-order valence-corrected chi connectivity index (χ0v) is 14.1. The van der Waals surface area contributed by atoms with Crippen molar-refractivity contribution in [2.75, 3.05) is 7.05 Å². The van der Waals surface area contributed by atoms with Crippen molar-refractivity contribution in [1.82, 2.24) is 4.90 Å². The molecule has 23 heavy (non-hydrogen) atoms. The van der Waals surface area contributed by atoms with Crippen molar-refractivity contribution in [2.45, 2.75) is 32.9 Å². The molecule has 0 saturated heterocycles. The van der Waals surface area contributed by atoms with Gasteiger partial charge >= 0.3 is 0 Å². The van der Waals surface area contributed by atoms with Crippen molar-refractivity contribution < 1.29 is 4.79 Å². The van der Waals surface area contributed by atoms with Gasteiger partial charge in [-0.2, -0.15) is 0 Å². The second-order valence-electron chi connectivity index (χ2n) is 5.98. The van der Waals surface area contributed by atoms with Gasteiger partial charge in [-0.05, 0) is 25.0 Å². The van der Waals surface area contributed by atoms with Gasteiger partial charge in [-0.15, -0.1) is 0 Å². The Balaban J connectivity index is 2.13. The fourth-order valence-corrected chi connectivity index (χ4v) is 2.43. The SMILES string of the molecule is CC(C)/N=C(/Cc1ccccc1)C(=O)N(C)Cc1ccccc1. The molecule has 0 fully saturated rings. The fourth-order valence-electron chi connectivity index (χ4n) is 2.43. The standard InChI is InChI=1S/C20H24N2O/c1-16(2)21-19(14-17-10-6-4-7-11-17)20(23)22(3)15-18-12-8-5-9-13-18/h4-13,16H,14-15H2,1-3H3/b21-19-. The van der Waals surface area contributed by atoms with E-state index in [1.807, 2.05) is 81.6 Å². The topological polar surface area (TPSA) is 32.7 Å². The number of carbonyl (C=O) groups is 1. The Kier molecular flexibility index (Phi) is 6.10. The molecule has 0 saturated carbocycles. The van der Waals surface area contributed by atoms with Gasteiger partial charge < -0.3 is 4.90 Å². The van der Waals surface area contributed by atoms with E-state index in [4.69, 9.17) is 0 Å². The summed E-state index contributed by atoms with van der Waals surface area (Å²) in [5, 5.41) is 0. The maximum absolute atomic E-state index is 12.8. The van der Waals surface area contributed by atoms with E-state index >= 15 is 0 Å². The second-order valence-corrected chi connectivity index (χ2v) is 5.98. The van der Waals surface area contributed by atoms with E-state index in [1.165, 1.54) is 0 Å². The number of hydrogen-bond acceptors (Lipinski definition) is 2. The van der Waals surface area contributed by atoms with Crippen LogP contribution in [0.2, 0.25) is 0 Å². The minimum atomic E-state index is -0.00796. The number of benzene rings is 2. The highest BCUT2D eigenvalue weighted by Crippen LogP contribution is 2.08. The van der Waals surface area contributed by atoms with Gasteiger partial charge in [0.25, 0.3) is 5.91 Å². The molecule has 120 valence electrons. The quantitative estimate of drug-likeness (QED) is 0.748. The van der Waals surface area contributed by atoms with Crippen LogP contribution < -0.4 is 0 Å². The lowest BCUT2D eigenvalue weighted by atomic mass is 10.1. The zero-order chi connectivity index (χ0) is 16.7. The molecule has 0 unspecified atom stereocenters. The number of amides is 1. The summed E-state index contributed by atoms with van der Waals surface area (Å²) in [5.74, 6) is -0.00796. The average molecular weight is 308 g/mol. The summed E-state index contributed by atoms with van der Waals surface area (Å²) >= 11 is 0. The van der Waals surface area contributed by atoms with Crippen molar-refractivity contribution in [1.29, 1.82) is 0 Å². The summed E-state index contributed by atoms with van der Waals surface area (Å²) in [6.45, 7) is 4.58. The van der Waals surface area contributed by atoms with Crippen LogP contribution in [0.25, 0.3) is 0 Å². The number of nitrogens with zero attached hydrogens (tertiary/aromatic N) is 2. The second kappa shape index (κ2) is 8.28. The minimum absolute atomic E-state index is 0.00796. The van der Waals surface area contributed by atoms with Gasteiger partial charge in [0.1, 0.15) is 5.71 Å². The van der Waals surface area contributed by atoms with Gasteiger partial charge in [0, 0.05) is 26.1 Å². The summed E-state index contributed by atoms with van der Waals surface area (Å²) in [4.78, 5) is 19.1. The van der Waals surface area contributed by atoms with E-state index < -0.39 is 0 Å². The molecule has 2 aromatic rings. The highest BCUT2D eigenvalue weighted by Gasteiger charge is 2.17. The van der Waals surface area contributed by atoms with Gasteiger partial charge in [0.2, 0.25) is 0 Å². The van der Waals surface area contributed by atoms with Crippen LogP contribution in [0.1, 0.15) is 25.0 Å². The van der Waals surface area contributed by atoms with Crippen LogP contribution >= 0.6 is 0 Å². The zero-order valence-electron chi connectivity index (χ0n) is 14.1. The Morgan fingerprint density at radius 1 is 0.957 bits per heavy atom. The average Bonchev–Trinajstić information content (AvgIpc) is 2.55. The molecule has 0 bridgehead atoms. The summed E-state index contributed by atoms with van der Waals surface area (Å²) in [7, 11) is 1.83. The van der Waals surface area contributed by atoms with E-state index in [0.717, 1.165) is 11.1 Å². The molecule has 2 aromatic carbocycles. The van der Waals surface area contributed by atoms with Gasteiger partial charge in [-0.1, -0.05) is 60.7 Å². The minimum Gasteiger partial charge on any atom is -0.336 e. The van der Waals surface area contributed by atoms with E-state index in [2.05, 4.69) is 4.99 Å². The Morgan fingerprint density at radius 2 is 1.48 bits per heavy atom. The molecule has 0 aromatic heterocycles. The van der Waals surface area contributed by atoms with Crippen LogP contribution in [-0.2, 0) is 17.8 Å². The molecule has 3 nitrogen and oxygen atoms in total. The molecule has 1 amide bonds. The van der Waals surface area contributed by atoms with Crippen molar-refractivity contribution in [3.8, 4) is 0 Å². The van der Waals surface area contributed by atoms with Gasteiger partial charge in [0.05, 0.1) is 0 Å². The van der Waals surface area contributed by atoms with Crippen molar-refractivity contribution in [2.24, 2.45) is 4.99 Å². The largest absolute Gasteiger partial charge is 0.336 e. The van der Waals surface area contributed by atoms with E-state index in [0.29, 0.717) is 18.7 Å². The molecular formula is C20H24N2O. The predicted octanol–water partition coefficient (Wildman–Crippen LogP) is 3.74. The van der Waals surface area contributed by atoms with Crippen molar-refractivity contribution in [3.63, 3.8) is 0 Å².